The van der Waals surface area contributed by atoms with Crippen LogP contribution in [0.1, 0.15) is 18.4 Å². The van der Waals surface area contributed by atoms with Gasteiger partial charge in [0.05, 0.1) is 4.92 Å². The number of nitrogens with one attached hydrogen (secondary N) is 1. The maximum Gasteiger partial charge on any atom is 0.269 e. The van der Waals surface area contributed by atoms with Crippen molar-refractivity contribution in [3.63, 3.8) is 0 Å². The van der Waals surface area contributed by atoms with Crippen LogP contribution in [0.4, 0.5) is 11.4 Å². The molecule has 0 aromatic heterocycles. The number of nitro benzene ring substituents is 1. The van der Waals surface area contributed by atoms with Crippen molar-refractivity contribution in [3.8, 4) is 0 Å². The number of nitrogens with zero attached hydrogens (tertiary/aromatic N) is 2. The van der Waals surface area contributed by atoms with Crippen LogP contribution in [0.2, 0.25) is 0 Å². The van der Waals surface area contributed by atoms with Gasteiger partial charge in [0.2, 0.25) is 5.91 Å². The summed E-state index contributed by atoms with van der Waals surface area (Å²) in [5.74, 6) is 0.120. The first kappa shape index (κ1) is 17.1. The Balaban J connectivity index is 1.48. The number of rotatable bonds is 5. The number of nitro groups is 1. The molecule has 6 nitrogen and oxygen atoms in total. The van der Waals surface area contributed by atoms with E-state index in [2.05, 4.69) is 10.2 Å². The Hall–Kier alpha value is -2.73. The molecule has 6 heteroatoms. The molecule has 0 atom stereocenters. The highest BCUT2D eigenvalue weighted by Crippen LogP contribution is 2.21. The van der Waals surface area contributed by atoms with Gasteiger partial charge in [-0.2, -0.15) is 0 Å². The van der Waals surface area contributed by atoms with Gasteiger partial charge in [-0.15, -0.1) is 0 Å². The molecule has 1 aliphatic heterocycles. The zero-order valence-corrected chi connectivity index (χ0v) is 13.9. The van der Waals surface area contributed by atoms with Crippen molar-refractivity contribution in [3.05, 3.63) is 70.3 Å². The smallest absolute Gasteiger partial charge is 0.269 e. The normalized spacial score (nSPS) is 15.7. The Labute approximate surface area is 146 Å². The number of anilines is 1. The third-order valence-electron chi connectivity index (χ3n) is 4.55. The Morgan fingerprint density at radius 3 is 2.32 bits per heavy atom. The molecule has 3 rings (SSSR count). The fourth-order valence-electron chi connectivity index (χ4n) is 3.10. The molecule has 0 saturated carbocycles. The number of benzene rings is 2. The van der Waals surface area contributed by atoms with Crippen LogP contribution in [0, 0.1) is 16.0 Å². The summed E-state index contributed by atoms with van der Waals surface area (Å²) in [5, 5.41) is 13.7. The second-order valence-electron chi connectivity index (χ2n) is 6.33. The van der Waals surface area contributed by atoms with Crippen LogP contribution >= 0.6 is 0 Å². The van der Waals surface area contributed by atoms with Crippen molar-refractivity contribution in [2.45, 2.75) is 19.4 Å². The SMILES string of the molecule is O=C(Nc1ccccc1)C1CCN(Cc2ccc([N+](=O)[O-])cc2)CC1. The van der Waals surface area contributed by atoms with Gasteiger partial charge in [0.15, 0.2) is 0 Å². The molecule has 0 spiro atoms. The van der Waals surface area contributed by atoms with Gasteiger partial charge in [-0.1, -0.05) is 30.3 Å². The van der Waals surface area contributed by atoms with E-state index >= 15 is 0 Å². The lowest BCUT2D eigenvalue weighted by Gasteiger charge is -2.31. The van der Waals surface area contributed by atoms with Gasteiger partial charge in [-0.05, 0) is 43.6 Å². The standard InChI is InChI=1S/C19H21N3O3/c23-19(20-17-4-2-1-3-5-17)16-10-12-21(13-11-16)14-15-6-8-18(9-7-15)22(24)25/h1-9,16H,10-14H2,(H,20,23). The number of hydrogen-bond donors (Lipinski definition) is 1. The Morgan fingerprint density at radius 1 is 1.08 bits per heavy atom. The lowest BCUT2D eigenvalue weighted by atomic mass is 9.95. The summed E-state index contributed by atoms with van der Waals surface area (Å²) in [6.45, 7) is 2.46. The molecule has 2 aromatic carbocycles. The molecule has 1 heterocycles. The van der Waals surface area contributed by atoms with Crippen LogP contribution in [-0.2, 0) is 11.3 Å². The van der Waals surface area contributed by atoms with E-state index in [1.807, 2.05) is 30.3 Å². The quantitative estimate of drug-likeness (QED) is 0.669. The number of piperidine rings is 1. The summed E-state index contributed by atoms with van der Waals surface area (Å²) in [7, 11) is 0. The molecular formula is C19H21N3O3. The van der Waals surface area contributed by atoms with E-state index in [1.54, 1.807) is 12.1 Å². The average molecular weight is 339 g/mol. The van der Waals surface area contributed by atoms with Crippen molar-refractivity contribution in [1.82, 2.24) is 4.90 Å². The van der Waals surface area contributed by atoms with E-state index in [9.17, 15) is 14.9 Å². The number of hydrogen-bond acceptors (Lipinski definition) is 4. The zero-order chi connectivity index (χ0) is 17.6. The van der Waals surface area contributed by atoms with Crippen molar-refractivity contribution >= 4 is 17.3 Å². The van der Waals surface area contributed by atoms with Crippen LogP contribution in [0.5, 0.6) is 0 Å². The third-order valence-corrected chi connectivity index (χ3v) is 4.55. The van der Waals surface area contributed by atoms with E-state index < -0.39 is 0 Å². The molecule has 25 heavy (non-hydrogen) atoms. The topological polar surface area (TPSA) is 75.5 Å². The summed E-state index contributed by atoms with van der Waals surface area (Å²) in [5.41, 5.74) is 2.00. The monoisotopic (exact) mass is 339 g/mol. The van der Waals surface area contributed by atoms with Crippen molar-refractivity contribution in [2.75, 3.05) is 18.4 Å². The molecule has 0 aliphatic carbocycles. The summed E-state index contributed by atoms with van der Waals surface area (Å²) >= 11 is 0. The molecule has 1 saturated heterocycles. The average Bonchev–Trinajstić information content (AvgIpc) is 2.63. The number of amides is 1. The van der Waals surface area contributed by atoms with Gasteiger partial charge in [-0.25, -0.2) is 0 Å². The summed E-state index contributed by atoms with van der Waals surface area (Å²) in [6, 6.07) is 16.2. The van der Waals surface area contributed by atoms with Crippen LogP contribution in [-0.4, -0.2) is 28.8 Å². The van der Waals surface area contributed by atoms with Crippen molar-refractivity contribution in [1.29, 1.82) is 0 Å². The van der Waals surface area contributed by atoms with Crippen LogP contribution in [0.15, 0.2) is 54.6 Å². The molecule has 0 radical (unpaired) electrons. The first-order valence-electron chi connectivity index (χ1n) is 8.43. The second kappa shape index (κ2) is 7.90. The summed E-state index contributed by atoms with van der Waals surface area (Å²) in [6.07, 6.45) is 1.65. The van der Waals surface area contributed by atoms with Gasteiger partial charge in [-0.3, -0.25) is 19.8 Å². The van der Waals surface area contributed by atoms with Crippen molar-refractivity contribution in [2.24, 2.45) is 5.92 Å². The van der Waals surface area contributed by atoms with Gasteiger partial charge in [0.1, 0.15) is 0 Å². The van der Waals surface area contributed by atoms with Gasteiger partial charge in [0.25, 0.3) is 5.69 Å². The molecule has 1 fully saturated rings. The predicted octanol–water partition coefficient (Wildman–Crippen LogP) is 3.45. The maximum atomic E-state index is 12.3. The molecule has 2 aromatic rings. The predicted molar refractivity (Wildman–Crippen MR) is 96.2 cm³/mol. The Morgan fingerprint density at radius 2 is 1.72 bits per heavy atom. The van der Waals surface area contributed by atoms with Gasteiger partial charge in [0, 0.05) is 30.3 Å². The van der Waals surface area contributed by atoms with Crippen LogP contribution in [0.25, 0.3) is 0 Å². The molecule has 130 valence electrons. The number of non-ortho nitro benzene ring substituents is 1. The molecule has 0 unspecified atom stereocenters. The highest BCUT2D eigenvalue weighted by Gasteiger charge is 2.25. The fraction of sp³-hybridized carbons (Fsp3) is 0.316. The highest BCUT2D eigenvalue weighted by atomic mass is 16.6. The zero-order valence-electron chi connectivity index (χ0n) is 13.9. The minimum absolute atomic E-state index is 0.0355. The van der Waals surface area contributed by atoms with E-state index in [1.165, 1.54) is 12.1 Å². The van der Waals surface area contributed by atoms with Crippen LogP contribution < -0.4 is 5.32 Å². The lowest BCUT2D eigenvalue weighted by molar-refractivity contribution is -0.384. The Kier molecular flexibility index (Phi) is 5.40. The number of likely N-dealkylation sites (tertiary alicyclic amines) is 1. The maximum absolute atomic E-state index is 12.3. The molecule has 1 amide bonds. The minimum Gasteiger partial charge on any atom is -0.326 e. The summed E-state index contributed by atoms with van der Waals surface area (Å²) < 4.78 is 0. The third kappa shape index (κ3) is 4.64. The fourth-order valence-corrected chi connectivity index (χ4v) is 3.10. The lowest BCUT2D eigenvalue weighted by Crippen LogP contribution is -2.37. The number of carbonyl (C=O) groups is 1. The first-order valence-corrected chi connectivity index (χ1v) is 8.43. The Bertz CT molecular complexity index is 723. The summed E-state index contributed by atoms with van der Waals surface area (Å²) in [4.78, 5) is 24.9. The molecule has 0 bridgehead atoms. The molecular weight excluding hydrogens is 318 g/mol. The minimum atomic E-state index is -0.388. The number of carbonyl (C=O) groups excluding carboxylic acids is 1. The first-order chi connectivity index (χ1) is 12.1. The van der Waals surface area contributed by atoms with E-state index in [0.717, 1.165) is 43.7 Å². The second-order valence-corrected chi connectivity index (χ2v) is 6.33. The van der Waals surface area contributed by atoms with Crippen molar-refractivity contribution < 1.29 is 9.72 Å². The van der Waals surface area contributed by atoms with E-state index in [0.29, 0.717) is 0 Å². The highest BCUT2D eigenvalue weighted by molar-refractivity contribution is 5.92. The molecule has 1 N–H and O–H groups in total. The van der Waals surface area contributed by atoms with E-state index in [-0.39, 0.29) is 22.4 Å². The molecule has 1 aliphatic rings. The van der Waals surface area contributed by atoms with E-state index in [4.69, 9.17) is 0 Å². The van der Waals surface area contributed by atoms with Crippen LogP contribution in [0.3, 0.4) is 0 Å². The largest absolute Gasteiger partial charge is 0.326 e. The van der Waals surface area contributed by atoms with Gasteiger partial charge < -0.3 is 5.32 Å². The number of para-hydroxylation sites is 1. The van der Waals surface area contributed by atoms with Gasteiger partial charge >= 0.3 is 0 Å².